The Morgan fingerprint density at radius 3 is 2.37 bits per heavy atom. The highest BCUT2D eigenvalue weighted by Crippen LogP contribution is 2.28. The second kappa shape index (κ2) is 10.1. The number of nitrogens with zero attached hydrogens (tertiary/aromatic N) is 4. The molecule has 9 heteroatoms. The van der Waals surface area contributed by atoms with E-state index in [2.05, 4.69) is 0 Å². The summed E-state index contributed by atoms with van der Waals surface area (Å²) in [5.41, 5.74) is 4.47. The maximum atomic E-state index is 13.6. The standard InChI is InChI=1S/C26H28N4O5/c1-4-35-26(32)20-11-13-28(14-12-20)25(31)24-16-22(19-6-8-21(9-7-19)30(33)34)27-29(24)23-10-5-17(2)15-18(23)3/h5-10,15-16,20H,4,11-14H2,1-3H3. The molecule has 0 spiro atoms. The van der Waals surface area contributed by atoms with Gasteiger partial charge < -0.3 is 9.64 Å². The van der Waals surface area contributed by atoms with Crippen LogP contribution in [0.25, 0.3) is 16.9 Å². The number of piperidine rings is 1. The zero-order chi connectivity index (χ0) is 25.1. The Morgan fingerprint density at radius 2 is 1.77 bits per heavy atom. The number of aryl methyl sites for hydroxylation is 2. The first-order valence-corrected chi connectivity index (χ1v) is 11.7. The van der Waals surface area contributed by atoms with Crippen molar-refractivity contribution in [3.8, 4) is 16.9 Å². The Balaban J connectivity index is 1.67. The van der Waals surface area contributed by atoms with Crippen molar-refractivity contribution in [3.05, 3.63) is 75.5 Å². The summed E-state index contributed by atoms with van der Waals surface area (Å²) >= 11 is 0. The van der Waals surface area contributed by atoms with Gasteiger partial charge in [0.2, 0.25) is 0 Å². The molecule has 9 nitrogen and oxygen atoms in total. The Labute approximate surface area is 203 Å². The fraction of sp³-hybridized carbons (Fsp3) is 0.346. The minimum Gasteiger partial charge on any atom is -0.466 e. The van der Waals surface area contributed by atoms with Gasteiger partial charge in [0.15, 0.2) is 0 Å². The number of likely N-dealkylation sites (tertiary alicyclic amines) is 1. The molecule has 0 atom stereocenters. The van der Waals surface area contributed by atoms with Crippen molar-refractivity contribution in [3.63, 3.8) is 0 Å². The van der Waals surface area contributed by atoms with Gasteiger partial charge in [0, 0.05) is 30.8 Å². The fourth-order valence-corrected chi connectivity index (χ4v) is 4.40. The van der Waals surface area contributed by atoms with Crippen LogP contribution in [-0.4, -0.2) is 51.2 Å². The summed E-state index contributed by atoms with van der Waals surface area (Å²) in [7, 11) is 0. The van der Waals surface area contributed by atoms with Gasteiger partial charge in [0.1, 0.15) is 5.69 Å². The Hall–Kier alpha value is -4.01. The van der Waals surface area contributed by atoms with Crippen molar-refractivity contribution < 1.29 is 19.2 Å². The third kappa shape index (κ3) is 5.08. The lowest BCUT2D eigenvalue weighted by molar-refractivity contribution is -0.384. The van der Waals surface area contributed by atoms with Gasteiger partial charge in [-0.25, -0.2) is 4.68 Å². The Kier molecular flexibility index (Phi) is 6.95. The van der Waals surface area contributed by atoms with E-state index < -0.39 is 4.92 Å². The summed E-state index contributed by atoms with van der Waals surface area (Å²) in [6.07, 6.45) is 1.11. The number of aromatic nitrogens is 2. The quantitative estimate of drug-likeness (QED) is 0.295. The Morgan fingerprint density at radius 1 is 1.09 bits per heavy atom. The molecular weight excluding hydrogens is 448 g/mol. The van der Waals surface area contributed by atoms with Crippen LogP contribution in [0.4, 0.5) is 5.69 Å². The molecule has 2 heterocycles. The number of hydrogen-bond acceptors (Lipinski definition) is 6. The lowest BCUT2D eigenvalue weighted by Gasteiger charge is -2.31. The van der Waals surface area contributed by atoms with Gasteiger partial charge in [-0.1, -0.05) is 17.7 Å². The second-order valence-corrected chi connectivity index (χ2v) is 8.74. The molecular formula is C26H28N4O5. The molecule has 0 N–H and O–H groups in total. The van der Waals surface area contributed by atoms with Crippen LogP contribution in [0.1, 0.15) is 41.4 Å². The summed E-state index contributed by atoms with van der Waals surface area (Å²) in [5.74, 6) is -0.577. The minimum atomic E-state index is -0.451. The van der Waals surface area contributed by atoms with Crippen LogP contribution >= 0.6 is 0 Å². The molecule has 0 radical (unpaired) electrons. The first kappa shape index (κ1) is 24.1. The molecule has 1 fully saturated rings. The van der Waals surface area contributed by atoms with Gasteiger partial charge in [-0.15, -0.1) is 0 Å². The van der Waals surface area contributed by atoms with Crippen molar-refractivity contribution in [1.82, 2.24) is 14.7 Å². The number of benzene rings is 2. The number of esters is 1. The molecule has 2 aromatic carbocycles. The van der Waals surface area contributed by atoms with Crippen LogP contribution < -0.4 is 0 Å². The van der Waals surface area contributed by atoms with Gasteiger partial charge in [-0.05, 0) is 63.4 Å². The van der Waals surface area contributed by atoms with Crippen molar-refractivity contribution in [1.29, 1.82) is 0 Å². The van der Waals surface area contributed by atoms with E-state index in [0.717, 1.165) is 16.8 Å². The predicted molar refractivity (Wildman–Crippen MR) is 130 cm³/mol. The number of carbonyl (C=O) groups excluding carboxylic acids is 2. The molecule has 182 valence electrons. The summed E-state index contributed by atoms with van der Waals surface area (Å²) < 4.78 is 6.78. The molecule has 4 rings (SSSR count). The third-order valence-electron chi connectivity index (χ3n) is 6.28. The number of non-ortho nitro benzene ring substituents is 1. The van der Waals surface area contributed by atoms with Crippen molar-refractivity contribution in [2.45, 2.75) is 33.6 Å². The second-order valence-electron chi connectivity index (χ2n) is 8.74. The van der Waals surface area contributed by atoms with Crippen molar-refractivity contribution in [2.75, 3.05) is 19.7 Å². The molecule has 35 heavy (non-hydrogen) atoms. The van der Waals surface area contributed by atoms with E-state index in [1.54, 1.807) is 34.7 Å². The molecule has 0 bridgehead atoms. The highest BCUT2D eigenvalue weighted by Gasteiger charge is 2.31. The van der Waals surface area contributed by atoms with Gasteiger partial charge in [0.25, 0.3) is 11.6 Å². The van der Waals surface area contributed by atoms with E-state index in [9.17, 15) is 19.7 Å². The molecule has 1 aliphatic rings. The molecule has 1 amide bonds. The van der Waals surface area contributed by atoms with Crippen LogP contribution in [0, 0.1) is 29.9 Å². The van der Waals surface area contributed by atoms with Crippen LogP contribution in [0.15, 0.2) is 48.5 Å². The van der Waals surface area contributed by atoms with Crippen molar-refractivity contribution >= 4 is 17.6 Å². The number of carbonyl (C=O) groups is 2. The summed E-state index contributed by atoms with van der Waals surface area (Å²) in [6.45, 7) is 7.00. The highest BCUT2D eigenvalue weighted by atomic mass is 16.6. The SMILES string of the molecule is CCOC(=O)C1CCN(C(=O)c2cc(-c3ccc([N+](=O)[O-])cc3)nn2-c2ccc(C)cc2C)CC1. The topological polar surface area (TPSA) is 108 Å². The summed E-state index contributed by atoms with van der Waals surface area (Å²) in [4.78, 5) is 38.0. The molecule has 1 saturated heterocycles. The number of ether oxygens (including phenoxy) is 1. The zero-order valence-corrected chi connectivity index (χ0v) is 20.1. The number of amides is 1. The molecule has 1 aromatic heterocycles. The predicted octanol–water partition coefficient (Wildman–Crippen LogP) is 4.48. The Bertz CT molecular complexity index is 1260. The monoisotopic (exact) mass is 476 g/mol. The van der Waals surface area contributed by atoms with Gasteiger partial charge in [-0.2, -0.15) is 5.10 Å². The van der Waals surface area contributed by atoms with E-state index in [4.69, 9.17) is 9.84 Å². The van der Waals surface area contributed by atoms with Crippen molar-refractivity contribution in [2.24, 2.45) is 5.92 Å². The average Bonchev–Trinajstić information content (AvgIpc) is 3.29. The first-order valence-electron chi connectivity index (χ1n) is 11.7. The lowest BCUT2D eigenvalue weighted by atomic mass is 9.97. The van der Waals surface area contributed by atoms with E-state index in [1.807, 2.05) is 32.0 Å². The average molecular weight is 477 g/mol. The van der Waals surface area contributed by atoms with Gasteiger partial charge >= 0.3 is 5.97 Å². The minimum absolute atomic E-state index is 0.0108. The molecule has 0 aliphatic carbocycles. The van der Waals surface area contributed by atoms with E-state index in [-0.39, 0.29) is 23.5 Å². The van der Waals surface area contributed by atoms with Crippen LogP contribution in [0.5, 0.6) is 0 Å². The largest absolute Gasteiger partial charge is 0.466 e. The molecule has 0 saturated carbocycles. The maximum absolute atomic E-state index is 13.6. The number of nitro benzene ring substituents is 1. The summed E-state index contributed by atoms with van der Waals surface area (Å²) in [6, 6.07) is 13.8. The third-order valence-corrected chi connectivity index (χ3v) is 6.28. The highest BCUT2D eigenvalue weighted by molar-refractivity contribution is 5.94. The van der Waals surface area contributed by atoms with Crippen LogP contribution in [-0.2, 0) is 9.53 Å². The van der Waals surface area contributed by atoms with E-state index in [0.29, 0.717) is 49.5 Å². The smallest absolute Gasteiger partial charge is 0.309 e. The first-order chi connectivity index (χ1) is 16.8. The van der Waals surface area contributed by atoms with Crippen LogP contribution in [0.2, 0.25) is 0 Å². The van der Waals surface area contributed by atoms with E-state index in [1.165, 1.54) is 12.1 Å². The number of rotatable bonds is 6. The van der Waals surface area contributed by atoms with Crippen LogP contribution in [0.3, 0.4) is 0 Å². The van der Waals surface area contributed by atoms with Gasteiger partial charge in [-0.3, -0.25) is 19.7 Å². The molecule has 1 aliphatic heterocycles. The lowest BCUT2D eigenvalue weighted by Crippen LogP contribution is -2.41. The zero-order valence-electron chi connectivity index (χ0n) is 20.1. The molecule has 3 aromatic rings. The number of nitro groups is 1. The molecule has 0 unspecified atom stereocenters. The maximum Gasteiger partial charge on any atom is 0.309 e. The number of hydrogen-bond donors (Lipinski definition) is 0. The normalized spacial score (nSPS) is 14.1. The van der Waals surface area contributed by atoms with E-state index >= 15 is 0 Å². The summed E-state index contributed by atoms with van der Waals surface area (Å²) in [5, 5.41) is 15.8. The van der Waals surface area contributed by atoms with Gasteiger partial charge in [0.05, 0.1) is 28.8 Å². The fourth-order valence-electron chi connectivity index (χ4n) is 4.40.